The Morgan fingerprint density at radius 3 is 2.76 bits per heavy atom. The number of hydrogen-bond acceptors (Lipinski definition) is 3. The number of halogens is 1. The summed E-state index contributed by atoms with van der Waals surface area (Å²) in [4.78, 5) is 9.01. The molecule has 0 aliphatic carbocycles. The lowest BCUT2D eigenvalue weighted by Crippen LogP contribution is -2.00. The van der Waals surface area contributed by atoms with E-state index in [1.165, 1.54) is 0 Å². The Morgan fingerprint density at radius 1 is 1.29 bits per heavy atom. The Morgan fingerprint density at radius 2 is 2.12 bits per heavy atom. The SMILES string of the molecule is Cc1cnc(CS(=O)c2cccc(Cl)c2)cn1. The van der Waals surface area contributed by atoms with Crippen molar-refractivity contribution in [2.24, 2.45) is 0 Å². The normalized spacial score (nSPS) is 12.4. The Bertz CT molecular complexity index is 542. The van der Waals surface area contributed by atoms with E-state index in [4.69, 9.17) is 11.6 Å². The largest absolute Gasteiger partial charge is 0.258 e. The summed E-state index contributed by atoms with van der Waals surface area (Å²) in [5, 5.41) is 0.589. The van der Waals surface area contributed by atoms with Gasteiger partial charge in [-0.05, 0) is 25.1 Å². The predicted molar refractivity (Wildman–Crippen MR) is 68.3 cm³/mol. The zero-order chi connectivity index (χ0) is 12.3. The molecule has 1 heterocycles. The summed E-state index contributed by atoms with van der Waals surface area (Å²) in [5.74, 6) is 0.355. The minimum Gasteiger partial charge on any atom is -0.258 e. The van der Waals surface area contributed by atoms with Crippen molar-refractivity contribution in [3.63, 3.8) is 0 Å². The standard InChI is InChI=1S/C12H11ClN2OS/c1-9-6-15-11(7-14-9)8-17(16)12-4-2-3-10(13)5-12/h2-7H,8H2,1H3. The van der Waals surface area contributed by atoms with E-state index in [0.717, 1.165) is 5.69 Å². The molecule has 88 valence electrons. The van der Waals surface area contributed by atoms with Gasteiger partial charge in [-0.2, -0.15) is 0 Å². The van der Waals surface area contributed by atoms with Crippen molar-refractivity contribution in [1.82, 2.24) is 9.97 Å². The van der Waals surface area contributed by atoms with E-state index in [0.29, 0.717) is 21.4 Å². The van der Waals surface area contributed by atoms with Crippen LogP contribution in [0.1, 0.15) is 11.4 Å². The first kappa shape index (κ1) is 12.2. The van der Waals surface area contributed by atoms with Crippen molar-refractivity contribution in [3.8, 4) is 0 Å². The zero-order valence-corrected chi connectivity index (χ0v) is 10.8. The van der Waals surface area contributed by atoms with Gasteiger partial charge in [-0.25, -0.2) is 0 Å². The molecule has 0 amide bonds. The zero-order valence-electron chi connectivity index (χ0n) is 9.26. The van der Waals surface area contributed by atoms with Gasteiger partial charge in [-0.15, -0.1) is 0 Å². The van der Waals surface area contributed by atoms with Crippen LogP contribution < -0.4 is 0 Å². The molecule has 3 nitrogen and oxygen atoms in total. The molecule has 1 atom stereocenters. The van der Waals surface area contributed by atoms with Crippen molar-refractivity contribution in [3.05, 3.63) is 53.1 Å². The first-order valence-electron chi connectivity index (χ1n) is 5.06. The lowest BCUT2D eigenvalue weighted by molar-refractivity contribution is 0.682. The maximum atomic E-state index is 12.0. The Labute approximate surface area is 107 Å². The van der Waals surface area contributed by atoms with E-state index in [9.17, 15) is 4.21 Å². The monoisotopic (exact) mass is 266 g/mol. The number of hydrogen-bond donors (Lipinski definition) is 0. The van der Waals surface area contributed by atoms with Crippen LogP contribution in [0.3, 0.4) is 0 Å². The summed E-state index contributed by atoms with van der Waals surface area (Å²) >= 11 is 5.85. The van der Waals surface area contributed by atoms with Gasteiger partial charge in [0.25, 0.3) is 0 Å². The molecule has 0 radical (unpaired) electrons. The molecule has 0 bridgehead atoms. The summed E-state index contributed by atoms with van der Waals surface area (Å²) < 4.78 is 12.0. The molecule has 0 spiro atoms. The molecular weight excluding hydrogens is 256 g/mol. The molecule has 2 rings (SSSR count). The van der Waals surface area contributed by atoms with E-state index in [1.54, 1.807) is 36.7 Å². The fourth-order valence-electron chi connectivity index (χ4n) is 1.32. The Kier molecular flexibility index (Phi) is 3.86. The van der Waals surface area contributed by atoms with Gasteiger partial charge in [0.05, 0.1) is 27.9 Å². The van der Waals surface area contributed by atoms with Crippen LogP contribution in [0, 0.1) is 6.92 Å². The Hall–Kier alpha value is -1.26. The van der Waals surface area contributed by atoms with Gasteiger partial charge in [0, 0.05) is 22.3 Å². The van der Waals surface area contributed by atoms with Crippen LogP contribution in [0.5, 0.6) is 0 Å². The summed E-state index contributed by atoms with van der Waals surface area (Å²) in [6.07, 6.45) is 3.32. The van der Waals surface area contributed by atoms with Crippen LogP contribution in [-0.2, 0) is 16.6 Å². The number of aromatic nitrogens is 2. The van der Waals surface area contributed by atoms with E-state index in [2.05, 4.69) is 9.97 Å². The molecule has 0 fully saturated rings. The molecule has 0 aliphatic heterocycles. The first-order valence-corrected chi connectivity index (χ1v) is 6.76. The average Bonchev–Trinajstić information content (AvgIpc) is 2.32. The van der Waals surface area contributed by atoms with Gasteiger partial charge in [-0.1, -0.05) is 17.7 Å². The molecular formula is C12H11ClN2OS. The molecule has 1 unspecified atom stereocenters. The fourth-order valence-corrected chi connectivity index (χ4v) is 2.65. The third-order valence-corrected chi connectivity index (χ3v) is 3.75. The molecule has 5 heteroatoms. The summed E-state index contributed by atoms with van der Waals surface area (Å²) in [6.45, 7) is 1.87. The number of benzene rings is 1. The second-order valence-corrected chi connectivity index (χ2v) is 5.48. The van der Waals surface area contributed by atoms with Crippen LogP contribution in [0.15, 0.2) is 41.6 Å². The van der Waals surface area contributed by atoms with E-state index >= 15 is 0 Å². The minimum atomic E-state index is -1.14. The third kappa shape index (κ3) is 3.35. The van der Waals surface area contributed by atoms with Crippen LogP contribution in [-0.4, -0.2) is 14.2 Å². The van der Waals surface area contributed by atoms with Crippen LogP contribution in [0.25, 0.3) is 0 Å². The van der Waals surface area contributed by atoms with Crippen LogP contribution in [0.4, 0.5) is 0 Å². The summed E-state index contributed by atoms with van der Waals surface area (Å²) in [6, 6.07) is 7.05. The Balaban J connectivity index is 2.14. The summed E-state index contributed by atoms with van der Waals surface area (Å²) in [7, 11) is -1.14. The van der Waals surface area contributed by atoms with E-state index in [1.807, 2.05) is 6.92 Å². The van der Waals surface area contributed by atoms with Crippen LogP contribution >= 0.6 is 11.6 Å². The minimum absolute atomic E-state index is 0.355. The van der Waals surface area contributed by atoms with Gasteiger partial charge in [0.15, 0.2) is 0 Å². The lowest BCUT2D eigenvalue weighted by Gasteiger charge is -2.02. The number of rotatable bonds is 3. The number of aryl methyl sites for hydroxylation is 1. The van der Waals surface area contributed by atoms with Gasteiger partial charge < -0.3 is 0 Å². The van der Waals surface area contributed by atoms with Crippen molar-refractivity contribution >= 4 is 22.4 Å². The van der Waals surface area contributed by atoms with Crippen molar-refractivity contribution < 1.29 is 4.21 Å². The maximum absolute atomic E-state index is 12.0. The van der Waals surface area contributed by atoms with E-state index < -0.39 is 10.8 Å². The van der Waals surface area contributed by atoms with E-state index in [-0.39, 0.29) is 0 Å². The van der Waals surface area contributed by atoms with Crippen LogP contribution in [0.2, 0.25) is 5.02 Å². The second-order valence-electron chi connectivity index (χ2n) is 3.60. The fraction of sp³-hybridized carbons (Fsp3) is 0.167. The lowest BCUT2D eigenvalue weighted by atomic mass is 10.4. The summed E-state index contributed by atoms with van der Waals surface area (Å²) in [5.41, 5.74) is 1.57. The smallest absolute Gasteiger partial charge is 0.0721 e. The highest BCUT2D eigenvalue weighted by atomic mass is 35.5. The van der Waals surface area contributed by atoms with Gasteiger partial charge >= 0.3 is 0 Å². The molecule has 0 N–H and O–H groups in total. The molecule has 17 heavy (non-hydrogen) atoms. The van der Waals surface area contributed by atoms with Crippen molar-refractivity contribution in [1.29, 1.82) is 0 Å². The molecule has 1 aromatic carbocycles. The van der Waals surface area contributed by atoms with Gasteiger partial charge in [0.1, 0.15) is 0 Å². The highest BCUT2D eigenvalue weighted by Gasteiger charge is 2.06. The topological polar surface area (TPSA) is 42.9 Å². The quantitative estimate of drug-likeness (QED) is 0.858. The molecule has 0 saturated heterocycles. The predicted octanol–water partition coefficient (Wildman–Crippen LogP) is 2.75. The molecule has 1 aromatic heterocycles. The highest BCUT2D eigenvalue weighted by Crippen LogP contribution is 2.16. The maximum Gasteiger partial charge on any atom is 0.0721 e. The molecule has 2 aromatic rings. The molecule has 0 aliphatic rings. The average molecular weight is 267 g/mol. The van der Waals surface area contributed by atoms with Crippen molar-refractivity contribution in [2.75, 3.05) is 0 Å². The van der Waals surface area contributed by atoms with Gasteiger partial charge in [-0.3, -0.25) is 14.2 Å². The second kappa shape index (κ2) is 5.38. The van der Waals surface area contributed by atoms with Crippen molar-refractivity contribution in [2.45, 2.75) is 17.6 Å². The third-order valence-electron chi connectivity index (χ3n) is 2.17. The number of nitrogens with zero attached hydrogens (tertiary/aromatic N) is 2. The highest BCUT2D eigenvalue weighted by molar-refractivity contribution is 7.84. The first-order chi connectivity index (χ1) is 8.15. The van der Waals surface area contributed by atoms with Gasteiger partial charge in [0.2, 0.25) is 0 Å². The molecule has 0 saturated carbocycles.